The lowest BCUT2D eigenvalue weighted by molar-refractivity contribution is 0.723. The molecule has 14 heavy (non-hydrogen) atoms. The van der Waals surface area contributed by atoms with E-state index < -0.39 is 0 Å². The summed E-state index contributed by atoms with van der Waals surface area (Å²) >= 11 is 1.71. The first-order chi connectivity index (χ1) is 6.68. The fourth-order valence-electron chi connectivity index (χ4n) is 1.08. The Bertz CT molecular complexity index is 278. The van der Waals surface area contributed by atoms with E-state index in [1.165, 1.54) is 5.56 Å². The molecule has 3 N–H and O–H groups in total. The van der Waals surface area contributed by atoms with Crippen molar-refractivity contribution in [1.29, 1.82) is 0 Å². The first-order valence-corrected chi connectivity index (χ1v) is 5.70. The maximum absolute atomic E-state index is 5.66. The highest BCUT2D eigenvalue weighted by atomic mass is 32.1. The molecule has 0 unspecified atom stereocenters. The van der Waals surface area contributed by atoms with Gasteiger partial charge in [0.05, 0.1) is 0 Å². The minimum Gasteiger partial charge on any atom is -0.370 e. The van der Waals surface area contributed by atoms with Gasteiger partial charge in [-0.05, 0) is 42.7 Å². The summed E-state index contributed by atoms with van der Waals surface area (Å²) in [4.78, 5) is 4.23. The van der Waals surface area contributed by atoms with Crippen molar-refractivity contribution in [2.24, 2.45) is 10.7 Å². The van der Waals surface area contributed by atoms with Gasteiger partial charge in [-0.1, -0.05) is 0 Å². The van der Waals surface area contributed by atoms with Crippen molar-refractivity contribution < 1.29 is 0 Å². The summed E-state index contributed by atoms with van der Waals surface area (Å²) in [6.45, 7) is 4.84. The van der Waals surface area contributed by atoms with Gasteiger partial charge in [0.2, 0.25) is 0 Å². The van der Waals surface area contributed by atoms with E-state index in [4.69, 9.17) is 5.73 Å². The van der Waals surface area contributed by atoms with Crippen molar-refractivity contribution in [2.45, 2.75) is 26.3 Å². The van der Waals surface area contributed by atoms with Crippen LogP contribution in [0.4, 0.5) is 0 Å². The molecular formula is C10H17N3S. The molecule has 0 aliphatic carbocycles. The van der Waals surface area contributed by atoms with Crippen LogP contribution in [0.25, 0.3) is 0 Å². The Morgan fingerprint density at radius 2 is 2.43 bits per heavy atom. The number of hydrogen-bond donors (Lipinski definition) is 2. The number of aliphatic imine (C=N–C) groups is 1. The molecule has 1 aromatic rings. The SMILES string of the molecule is CC(C)NC(N)=NCCc1ccsc1. The maximum atomic E-state index is 5.66. The van der Waals surface area contributed by atoms with Gasteiger partial charge in [0.15, 0.2) is 5.96 Å². The third-order valence-electron chi connectivity index (χ3n) is 1.70. The van der Waals surface area contributed by atoms with Crippen molar-refractivity contribution in [2.75, 3.05) is 6.54 Å². The third-order valence-corrected chi connectivity index (χ3v) is 2.43. The van der Waals surface area contributed by atoms with Gasteiger partial charge < -0.3 is 11.1 Å². The van der Waals surface area contributed by atoms with E-state index in [1.807, 2.05) is 13.8 Å². The number of hydrogen-bond acceptors (Lipinski definition) is 2. The Labute approximate surface area is 89.0 Å². The Kier molecular flexibility index (Phi) is 4.46. The van der Waals surface area contributed by atoms with Gasteiger partial charge in [0.1, 0.15) is 0 Å². The second kappa shape index (κ2) is 5.65. The van der Waals surface area contributed by atoms with Crippen LogP contribution in [-0.2, 0) is 6.42 Å². The standard InChI is InChI=1S/C10H17N3S/c1-8(2)13-10(11)12-5-3-9-4-6-14-7-9/h4,6-8H,3,5H2,1-2H3,(H3,11,12,13). The summed E-state index contributed by atoms with van der Waals surface area (Å²) in [7, 11) is 0. The zero-order valence-electron chi connectivity index (χ0n) is 8.66. The van der Waals surface area contributed by atoms with Gasteiger partial charge in [-0.25, -0.2) is 0 Å². The van der Waals surface area contributed by atoms with Crippen LogP contribution in [0, 0.1) is 0 Å². The molecule has 0 aliphatic rings. The van der Waals surface area contributed by atoms with Gasteiger partial charge in [-0.15, -0.1) is 0 Å². The summed E-state index contributed by atoms with van der Waals surface area (Å²) < 4.78 is 0. The number of guanidine groups is 1. The molecule has 1 aromatic heterocycles. The van der Waals surface area contributed by atoms with Gasteiger partial charge in [-0.3, -0.25) is 4.99 Å². The zero-order chi connectivity index (χ0) is 10.4. The van der Waals surface area contributed by atoms with E-state index in [1.54, 1.807) is 11.3 Å². The maximum Gasteiger partial charge on any atom is 0.188 e. The molecule has 0 spiro atoms. The summed E-state index contributed by atoms with van der Waals surface area (Å²) in [5.41, 5.74) is 6.99. The number of nitrogens with two attached hydrogens (primary N) is 1. The van der Waals surface area contributed by atoms with Crippen molar-refractivity contribution >= 4 is 17.3 Å². The van der Waals surface area contributed by atoms with Crippen LogP contribution < -0.4 is 11.1 Å². The highest BCUT2D eigenvalue weighted by Gasteiger charge is 1.95. The van der Waals surface area contributed by atoms with Crippen molar-refractivity contribution in [1.82, 2.24) is 5.32 Å². The van der Waals surface area contributed by atoms with Crippen molar-refractivity contribution in [3.8, 4) is 0 Å². The Morgan fingerprint density at radius 3 is 3.00 bits per heavy atom. The smallest absolute Gasteiger partial charge is 0.188 e. The Morgan fingerprint density at radius 1 is 1.64 bits per heavy atom. The number of nitrogens with one attached hydrogen (secondary N) is 1. The Hall–Kier alpha value is -1.03. The van der Waals surface area contributed by atoms with Gasteiger partial charge in [-0.2, -0.15) is 11.3 Å². The normalized spacial score (nSPS) is 12.1. The van der Waals surface area contributed by atoms with Crippen LogP contribution in [0.2, 0.25) is 0 Å². The second-order valence-electron chi connectivity index (χ2n) is 3.45. The molecule has 0 saturated carbocycles. The molecule has 1 rings (SSSR count). The van der Waals surface area contributed by atoms with E-state index >= 15 is 0 Å². The van der Waals surface area contributed by atoms with Crippen LogP contribution in [0.3, 0.4) is 0 Å². The molecule has 0 fully saturated rings. The molecule has 1 heterocycles. The fourth-order valence-corrected chi connectivity index (χ4v) is 1.78. The lowest BCUT2D eigenvalue weighted by Crippen LogP contribution is -2.36. The van der Waals surface area contributed by atoms with E-state index in [0.717, 1.165) is 13.0 Å². The molecular weight excluding hydrogens is 194 g/mol. The molecule has 0 aromatic carbocycles. The summed E-state index contributed by atoms with van der Waals surface area (Å²) in [5, 5.41) is 7.27. The minimum atomic E-state index is 0.347. The van der Waals surface area contributed by atoms with Crippen LogP contribution >= 0.6 is 11.3 Å². The van der Waals surface area contributed by atoms with Crippen molar-refractivity contribution in [3.63, 3.8) is 0 Å². The summed E-state index contributed by atoms with van der Waals surface area (Å²) in [6.07, 6.45) is 0.962. The predicted molar refractivity (Wildman–Crippen MR) is 62.8 cm³/mol. The number of nitrogens with zero attached hydrogens (tertiary/aromatic N) is 1. The quantitative estimate of drug-likeness (QED) is 0.587. The van der Waals surface area contributed by atoms with Crippen LogP contribution in [-0.4, -0.2) is 18.5 Å². The average Bonchev–Trinajstić information content (AvgIpc) is 2.55. The highest BCUT2D eigenvalue weighted by molar-refractivity contribution is 7.07. The molecule has 0 aliphatic heterocycles. The molecule has 0 saturated heterocycles. The van der Waals surface area contributed by atoms with Crippen molar-refractivity contribution in [3.05, 3.63) is 22.4 Å². The summed E-state index contributed by atoms with van der Waals surface area (Å²) in [5.74, 6) is 0.537. The predicted octanol–water partition coefficient (Wildman–Crippen LogP) is 1.60. The van der Waals surface area contributed by atoms with E-state index in [9.17, 15) is 0 Å². The lowest BCUT2D eigenvalue weighted by Gasteiger charge is -2.07. The van der Waals surface area contributed by atoms with E-state index in [2.05, 4.69) is 27.1 Å². The topological polar surface area (TPSA) is 50.4 Å². The number of rotatable bonds is 4. The van der Waals surface area contributed by atoms with E-state index in [0.29, 0.717) is 12.0 Å². The van der Waals surface area contributed by atoms with Crippen LogP contribution in [0.5, 0.6) is 0 Å². The summed E-state index contributed by atoms with van der Waals surface area (Å²) in [6, 6.07) is 2.46. The zero-order valence-corrected chi connectivity index (χ0v) is 9.47. The molecule has 78 valence electrons. The van der Waals surface area contributed by atoms with E-state index in [-0.39, 0.29) is 0 Å². The molecule has 0 atom stereocenters. The Balaban J connectivity index is 2.26. The van der Waals surface area contributed by atoms with Gasteiger partial charge in [0, 0.05) is 12.6 Å². The molecule has 3 nitrogen and oxygen atoms in total. The molecule has 0 bridgehead atoms. The average molecular weight is 211 g/mol. The first kappa shape index (κ1) is 11.0. The monoisotopic (exact) mass is 211 g/mol. The third kappa shape index (κ3) is 4.28. The lowest BCUT2D eigenvalue weighted by atomic mass is 10.2. The van der Waals surface area contributed by atoms with Crippen LogP contribution in [0.15, 0.2) is 21.8 Å². The first-order valence-electron chi connectivity index (χ1n) is 4.76. The highest BCUT2D eigenvalue weighted by Crippen LogP contribution is 2.06. The fraction of sp³-hybridized carbons (Fsp3) is 0.500. The van der Waals surface area contributed by atoms with Gasteiger partial charge in [0.25, 0.3) is 0 Å². The van der Waals surface area contributed by atoms with Gasteiger partial charge >= 0.3 is 0 Å². The minimum absolute atomic E-state index is 0.347. The largest absolute Gasteiger partial charge is 0.370 e. The number of thiophene rings is 1. The molecule has 0 radical (unpaired) electrons. The molecule has 0 amide bonds. The molecule has 4 heteroatoms. The second-order valence-corrected chi connectivity index (χ2v) is 4.23. The van der Waals surface area contributed by atoms with Crippen LogP contribution in [0.1, 0.15) is 19.4 Å².